The molecule has 130 valence electrons. The average Bonchev–Trinajstić information content (AvgIpc) is 3.27. The molecule has 3 aromatic heterocycles. The number of thiophene rings is 1. The Bertz CT molecular complexity index is 888. The molecule has 2 aliphatic rings. The lowest BCUT2D eigenvalue weighted by atomic mass is 10.2. The molecule has 1 aliphatic carbocycles. The van der Waals surface area contributed by atoms with Crippen molar-refractivity contribution in [2.24, 2.45) is 0 Å². The van der Waals surface area contributed by atoms with Gasteiger partial charge in [-0.15, -0.1) is 21.5 Å². The van der Waals surface area contributed by atoms with Crippen LogP contribution in [0.1, 0.15) is 35.0 Å². The molecule has 0 radical (unpaired) electrons. The SMILES string of the molecule is Cc1ccsc1CN1CCN(c2cnn3c(C4CC4)nnc3c2)CC1. The monoisotopic (exact) mass is 354 g/mol. The summed E-state index contributed by atoms with van der Waals surface area (Å²) in [5, 5.41) is 15.5. The maximum Gasteiger partial charge on any atom is 0.179 e. The van der Waals surface area contributed by atoms with Crippen molar-refractivity contribution in [1.29, 1.82) is 0 Å². The summed E-state index contributed by atoms with van der Waals surface area (Å²) in [6.07, 6.45) is 4.41. The standard InChI is InChI=1S/C18H22N6S/c1-13-4-9-25-16(13)12-22-5-7-23(8-6-22)15-10-17-20-21-18(14-2-3-14)24(17)19-11-15/h4,9-11,14H,2-3,5-8,12H2,1H3. The number of hydrogen-bond donors (Lipinski definition) is 0. The molecule has 0 unspecified atom stereocenters. The summed E-state index contributed by atoms with van der Waals surface area (Å²) < 4.78 is 1.91. The molecule has 5 rings (SSSR count). The van der Waals surface area contributed by atoms with Gasteiger partial charge in [-0.1, -0.05) is 0 Å². The summed E-state index contributed by atoms with van der Waals surface area (Å²) in [5.41, 5.74) is 3.45. The molecule has 1 saturated carbocycles. The van der Waals surface area contributed by atoms with Crippen LogP contribution in [-0.4, -0.2) is 50.9 Å². The van der Waals surface area contributed by atoms with Crippen molar-refractivity contribution in [2.75, 3.05) is 31.1 Å². The van der Waals surface area contributed by atoms with Gasteiger partial charge in [0.2, 0.25) is 0 Å². The second-order valence-electron chi connectivity index (χ2n) is 7.11. The molecule has 3 aromatic rings. The summed E-state index contributed by atoms with van der Waals surface area (Å²) in [5.74, 6) is 1.59. The first-order valence-electron chi connectivity index (χ1n) is 8.99. The van der Waals surface area contributed by atoms with E-state index >= 15 is 0 Å². The fourth-order valence-corrected chi connectivity index (χ4v) is 4.45. The van der Waals surface area contributed by atoms with Crippen LogP contribution >= 0.6 is 11.3 Å². The number of rotatable bonds is 4. The zero-order chi connectivity index (χ0) is 16.8. The topological polar surface area (TPSA) is 49.6 Å². The Hall–Kier alpha value is -1.99. The third-order valence-electron chi connectivity index (χ3n) is 5.29. The molecule has 2 fully saturated rings. The van der Waals surface area contributed by atoms with Gasteiger partial charge in [0.25, 0.3) is 0 Å². The number of piperazine rings is 1. The Balaban J connectivity index is 1.27. The highest BCUT2D eigenvalue weighted by Crippen LogP contribution is 2.38. The molecule has 0 N–H and O–H groups in total. The fraction of sp³-hybridized carbons (Fsp3) is 0.500. The highest BCUT2D eigenvalue weighted by Gasteiger charge is 2.29. The van der Waals surface area contributed by atoms with Crippen LogP contribution in [0.3, 0.4) is 0 Å². The lowest BCUT2D eigenvalue weighted by Gasteiger charge is -2.35. The van der Waals surface area contributed by atoms with Crippen molar-refractivity contribution < 1.29 is 0 Å². The van der Waals surface area contributed by atoms with E-state index < -0.39 is 0 Å². The molecular formula is C18H22N6S. The molecule has 0 bridgehead atoms. The van der Waals surface area contributed by atoms with E-state index in [-0.39, 0.29) is 0 Å². The fourth-order valence-electron chi connectivity index (χ4n) is 3.50. The number of fused-ring (bicyclic) bond motifs is 1. The van der Waals surface area contributed by atoms with Gasteiger partial charge in [-0.2, -0.15) is 9.61 Å². The number of hydrogen-bond acceptors (Lipinski definition) is 6. The van der Waals surface area contributed by atoms with Crippen LogP contribution < -0.4 is 4.90 Å². The average molecular weight is 354 g/mol. The van der Waals surface area contributed by atoms with E-state index in [2.05, 4.69) is 49.5 Å². The minimum absolute atomic E-state index is 0.567. The smallest absolute Gasteiger partial charge is 0.179 e. The van der Waals surface area contributed by atoms with Gasteiger partial charge in [0, 0.05) is 49.6 Å². The van der Waals surface area contributed by atoms with Crippen LogP contribution in [0, 0.1) is 6.92 Å². The lowest BCUT2D eigenvalue weighted by Crippen LogP contribution is -2.46. The minimum Gasteiger partial charge on any atom is -0.368 e. The molecule has 1 saturated heterocycles. The predicted octanol–water partition coefficient (Wildman–Crippen LogP) is 2.69. The van der Waals surface area contributed by atoms with Crippen LogP contribution in [0.25, 0.3) is 5.65 Å². The Morgan fingerprint density at radius 1 is 1.16 bits per heavy atom. The van der Waals surface area contributed by atoms with E-state index in [0.717, 1.165) is 49.9 Å². The van der Waals surface area contributed by atoms with Crippen molar-refractivity contribution in [3.05, 3.63) is 40.0 Å². The van der Waals surface area contributed by atoms with E-state index in [1.807, 2.05) is 22.0 Å². The molecule has 4 heterocycles. The summed E-state index contributed by atoms with van der Waals surface area (Å²) >= 11 is 1.87. The van der Waals surface area contributed by atoms with Gasteiger partial charge in [-0.05, 0) is 36.8 Å². The van der Waals surface area contributed by atoms with Gasteiger partial charge >= 0.3 is 0 Å². The molecule has 0 aromatic carbocycles. The highest BCUT2D eigenvalue weighted by molar-refractivity contribution is 7.10. The van der Waals surface area contributed by atoms with Gasteiger partial charge in [-0.3, -0.25) is 4.90 Å². The summed E-state index contributed by atoms with van der Waals surface area (Å²) in [7, 11) is 0. The van der Waals surface area contributed by atoms with E-state index in [0.29, 0.717) is 5.92 Å². The van der Waals surface area contributed by atoms with Gasteiger partial charge < -0.3 is 4.90 Å². The maximum atomic E-state index is 4.61. The number of nitrogens with zero attached hydrogens (tertiary/aromatic N) is 6. The van der Waals surface area contributed by atoms with Gasteiger partial charge in [-0.25, -0.2) is 0 Å². The lowest BCUT2D eigenvalue weighted by molar-refractivity contribution is 0.251. The second-order valence-corrected chi connectivity index (χ2v) is 8.11. The van der Waals surface area contributed by atoms with Gasteiger partial charge in [0.05, 0.1) is 11.9 Å². The largest absolute Gasteiger partial charge is 0.368 e. The van der Waals surface area contributed by atoms with Crippen LogP contribution in [0.15, 0.2) is 23.7 Å². The van der Waals surface area contributed by atoms with E-state index in [4.69, 9.17) is 0 Å². The third kappa shape index (κ3) is 2.91. The molecule has 1 aliphatic heterocycles. The van der Waals surface area contributed by atoms with Crippen molar-refractivity contribution in [1.82, 2.24) is 24.7 Å². The summed E-state index contributed by atoms with van der Waals surface area (Å²) in [4.78, 5) is 6.45. The number of aromatic nitrogens is 4. The first-order chi connectivity index (χ1) is 12.3. The van der Waals surface area contributed by atoms with Gasteiger partial charge in [0.15, 0.2) is 11.5 Å². The van der Waals surface area contributed by atoms with Crippen molar-refractivity contribution in [3.8, 4) is 0 Å². The predicted molar refractivity (Wildman–Crippen MR) is 99.3 cm³/mol. The zero-order valence-corrected chi connectivity index (χ0v) is 15.2. The highest BCUT2D eigenvalue weighted by atomic mass is 32.1. The minimum atomic E-state index is 0.567. The molecule has 0 atom stereocenters. The van der Waals surface area contributed by atoms with Crippen molar-refractivity contribution >= 4 is 22.7 Å². The van der Waals surface area contributed by atoms with Crippen molar-refractivity contribution in [2.45, 2.75) is 32.2 Å². The summed E-state index contributed by atoms with van der Waals surface area (Å²) in [6, 6.07) is 4.34. The quantitative estimate of drug-likeness (QED) is 0.721. The Morgan fingerprint density at radius 3 is 2.72 bits per heavy atom. The Morgan fingerprint density at radius 2 is 2.00 bits per heavy atom. The Kier molecular flexibility index (Phi) is 3.71. The Labute approximate surface area is 151 Å². The van der Waals surface area contributed by atoms with E-state index in [1.165, 1.54) is 23.3 Å². The first-order valence-corrected chi connectivity index (χ1v) is 9.87. The summed E-state index contributed by atoms with van der Waals surface area (Å²) in [6.45, 7) is 7.52. The van der Waals surface area contributed by atoms with Crippen LogP contribution in [-0.2, 0) is 6.54 Å². The van der Waals surface area contributed by atoms with Crippen LogP contribution in [0.2, 0.25) is 0 Å². The molecule has 0 spiro atoms. The second kappa shape index (κ2) is 6.07. The molecular weight excluding hydrogens is 332 g/mol. The first kappa shape index (κ1) is 15.3. The van der Waals surface area contributed by atoms with Crippen molar-refractivity contribution in [3.63, 3.8) is 0 Å². The normalized spacial score (nSPS) is 19.0. The van der Waals surface area contributed by atoms with Gasteiger partial charge in [0.1, 0.15) is 0 Å². The number of aryl methyl sites for hydroxylation is 1. The molecule has 6 nitrogen and oxygen atoms in total. The maximum absolute atomic E-state index is 4.61. The molecule has 7 heteroatoms. The molecule has 25 heavy (non-hydrogen) atoms. The third-order valence-corrected chi connectivity index (χ3v) is 6.29. The zero-order valence-electron chi connectivity index (χ0n) is 14.4. The number of anilines is 1. The van der Waals surface area contributed by atoms with Crippen LogP contribution in [0.5, 0.6) is 0 Å². The van der Waals surface area contributed by atoms with Crippen LogP contribution in [0.4, 0.5) is 5.69 Å². The van der Waals surface area contributed by atoms with E-state index in [9.17, 15) is 0 Å². The van der Waals surface area contributed by atoms with E-state index in [1.54, 1.807) is 0 Å². The molecule has 0 amide bonds.